The van der Waals surface area contributed by atoms with Crippen LogP contribution in [0.2, 0.25) is 0 Å². The van der Waals surface area contributed by atoms with E-state index in [9.17, 15) is 4.79 Å². The molecule has 1 amide bonds. The highest BCUT2D eigenvalue weighted by molar-refractivity contribution is 5.93. The van der Waals surface area contributed by atoms with E-state index in [1.54, 1.807) is 29.4 Å². The molecular weight excluding hydrogens is 362 g/mol. The van der Waals surface area contributed by atoms with E-state index in [1.807, 2.05) is 6.07 Å². The van der Waals surface area contributed by atoms with E-state index < -0.39 is 0 Å². The van der Waals surface area contributed by atoms with Crippen molar-refractivity contribution in [3.05, 3.63) is 48.7 Å². The van der Waals surface area contributed by atoms with Gasteiger partial charge in [0.15, 0.2) is 11.5 Å². The molecule has 4 rings (SSSR count). The number of pyridine rings is 1. The molecule has 9 nitrogen and oxygen atoms in total. The molecule has 1 saturated heterocycles. The Hall–Kier alpha value is -3.49. The lowest BCUT2D eigenvalue weighted by Crippen LogP contribution is -2.44. The normalized spacial score (nSPS) is 16.6. The minimum Gasteiger partial charge on any atom is -0.480 e. The maximum Gasteiger partial charge on any atom is 0.276 e. The number of hydrogen-bond acceptors (Lipinski definition) is 8. The summed E-state index contributed by atoms with van der Waals surface area (Å²) in [5.74, 6) is 1.07. The Morgan fingerprint density at radius 3 is 2.96 bits per heavy atom. The molecule has 28 heavy (non-hydrogen) atoms. The predicted octanol–water partition coefficient (Wildman–Crippen LogP) is 2.22. The van der Waals surface area contributed by atoms with Crippen LogP contribution in [-0.4, -0.2) is 57.2 Å². The fourth-order valence-corrected chi connectivity index (χ4v) is 3.06. The summed E-state index contributed by atoms with van der Waals surface area (Å²) in [6, 6.07) is 5.28. The fraction of sp³-hybridized carbons (Fsp3) is 0.316. The highest BCUT2D eigenvalue weighted by atomic mass is 16.5. The lowest BCUT2D eigenvalue weighted by Gasteiger charge is -2.32. The molecule has 0 saturated carbocycles. The summed E-state index contributed by atoms with van der Waals surface area (Å²) < 4.78 is 16.3. The summed E-state index contributed by atoms with van der Waals surface area (Å²) in [6.45, 7) is 1.07. The summed E-state index contributed by atoms with van der Waals surface area (Å²) in [5, 5.41) is 3.93. The molecule has 0 radical (unpaired) electrons. The third kappa shape index (κ3) is 3.93. The molecule has 1 aliphatic heterocycles. The molecule has 0 aliphatic carbocycles. The highest BCUT2D eigenvalue weighted by Crippen LogP contribution is 2.22. The first kappa shape index (κ1) is 17.9. The number of rotatable bonds is 5. The van der Waals surface area contributed by atoms with E-state index in [4.69, 9.17) is 14.0 Å². The number of methoxy groups -OCH3 is 1. The second kappa shape index (κ2) is 8.03. The highest BCUT2D eigenvalue weighted by Gasteiger charge is 2.28. The van der Waals surface area contributed by atoms with Crippen LogP contribution >= 0.6 is 0 Å². The van der Waals surface area contributed by atoms with Crippen LogP contribution in [0.4, 0.5) is 0 Å². The monoisotopic (exact) mass is 381 g/mol. The van der Waals surface area contributed by atoms with Gasteiger partial charge >= 0.3 is 0 Å². The van der Waals surface area contributed by atoms with Crippen LogP contribution in [0.25, 0.3) is 11.3 Å². The largest absolute Gasteiger partial charge is 0.480 e. The van der Waals surface area contributed by atoms with Crippen LogP contribution in [0.15, 0.2) is 47.5 Å². The molecule has 1 unspecified atom stereocenters. The van der Waals surface area contributed by atoms with Crippen LogP contribution in [0, 0.1) is 0 Å². The molecule has 144 valence electrons. The van der Waals surface area contributed by atoms with Crippen molar-refractivity contribution in [3.63, 3.8) is 0 Å². The summed E-state index contributed by atoms with van der Waals surface area (Å²) in [6.07, 6.45) is 7.84. The first-order chi connectivity index (χ1) is 13.7. The van der Waals surface area contributed by atoms with Gasteiger partial charge in [0, 0.05) is 30.6 Å². The number of ether oxygens (including phenoxy) is 2. The van der Waals surface area contributed by atoms with E-state index in [1.165, 1.54) is 19.5 Å². The summed E-state index contributed by atoms with van der Waals surface area (Å²) >= 11 is 0. The van der Waals surface area contributed by atoms with E-state index in [-0.39, 0.29) is 17.7 Å². The summed E-state index contributed by atoms with van der Waals surface area (Å²) in [7, 11) is 1.52. The molecule has 0 spiro atoms. The minimum absolute atomic E-state index is 0.177. The zero-order chi connectivity index (χ0) is 19.3. The second-order valence-electron chi connectivity index (χ2n) is 6.35. The van der Waals surface area contributed by atoms with Crippen LogP contribution in [-0.2, 0) is 0 Å². The zero-order valence-electron chi connectivity index (χ0n) is 15.3. The Balaban J connectivity index is 1.43. The quantitative estimate of drug-likeness (QED) is 0.663. The van der Waals surface area contributed by atoms with Crippen molar-refractivity contribution in [2.24, 2.45) is 0 Å². The molecular formula is C19H19N5O4. The van der Waals surface area contributed by atoms with Gasteiger partial charge in [-0.1, -0.05) is 5.16 Å². The van der Waals surface area contributed by atoms with Gasteiger partial charge in [-0.2, -0.15) is 4.98 Å². The first-order valence-electron chi connectivity index (χ1n) is 8.92. The van der Waals surface area contributed by atoms with Crippen LogP contribution < -0.4 is 9.47 Å². The number of hydrogen-bond donors (Lipinski definition) is 0. The van der Waals surface area contributed by atoms with Gasteiger partial charge in [0.25, 0.3) is 5.91 Å². The Labute approximate surface area is 161 Å². The van der Waals surface area contributed by atoms with Gasteiger partial charge < -0.3 is 18.9 Å². The second-order valence-corrected chi connectivity index (χ2v) is 6.35. The van der Waals surface area contributed by atoms with Crippen LogP contribution in [0.3, 0.4) is 0 Å². The fourth-order valence-electron chi connectivity index (χ4n) is 3.06. The van der Waals surface area contributed by atoms with E-state index >= 15 is 0 Å². The smallest absolute Gasteiger partial charge is 0.276 e. The molecule has 9 heteroatoms. The van der Waals surface area contributed by atoms with Crippen molar-refractivity contribution in [3.8, 4) is 23.1 Å². The number of carbonyl (C=O) groups is 1. The number of carbonyl (C=O) groups excluding carboxylic acids is 1. The summed E-state index contributed by atoms with van der Waals surface area (Å²) in [5.41, 5.74) is 1.03. The van der Waals surface area contributed by atoms with Crippen molar-refractivity contribution in [1.29, 1.82) is 0 Å². The van der Waals surface area contributed by atoms with Crippen molar-refractivity contribution < 1.29 is 18.8 Å². The molecule has 1 aliphatic rings. The van der Waals surface area contributed by atoms with Crippen molar-refractivity contribution >= 4 is 5.91 Å². The van der Waals surface area contributed by atoms with Crippen molar-refractivity contribution in [1.82, 2.24) is 25.0 Å². The lowest BCUT2D eigenvalue weighted by molar-refractivity contribution is 0.0516. The lowest BCUT2D eigenvalue weighted by atomic mass is 10.1. The average Bonchev–Trinajstić information content (AvgIpc) is 3.24. The molecule has 0 aromatic carbocycles. The van der Waals surface area contributed by atoms with Crippen molar-refractivity contribution in [2.75, 3.05) is 20.2 Å². The van der Waals surface area contributed by atoms with E-state index in [0.29, 0.717) is 30.6 Å². The van der Waals surface area contributed by atoms with Gasteiger partial charge in [-0.15, -0.1) is 0 Å². The molecule has 4 heterocycles. The van der Waals surface area contributed by atoms with E-state index in [0.717, 1.165) is 18.4 Å². The third-order valence-electron chi connectivity index (χ3n) is 4.43. The van der Waals surface area contributed by atoms with Gasteiger partial charge in [0.1, 0.15) is 6.10 Å². The average molecular weight is 381 g/mol. The Morgan fingerprint density at radius 1 is 1.25 bits per heavy atom. The molecule has 3 aromatic rings. The minimum atomic E-state index is -0.191. The zero-order valence-corrected chi connectivity index (χ0v) is 15.3. The van der Waals surface area contributed by atoms with Crippen LogP contribution in [0.1, 0.15) is 23.3 Å². The number of likely N-dealkylation sites (tertiary alicyclic amines) is 1. The van der Waals surface area contributed by atoms with E-state index in [2.05, 4.69) is 20.1 Å². The maximum absolute atomic E-state index is 12.8. The van der Waals surface area contributed by atoms with Gasteiger partial charge in [-0.05, 0) is 25.0 Å². The standard InChI is InChI=1S/C19H19N5O4/c1-26-17-10-21-11-18(22-17)27-14-5-3-7-24(12-14)19(25)15-8-16(28-23-15)13-4-2-6-20-9-13/h2,4,6,8-11,14H,3,5,7,12H2,1H3. The number of amides is 1. The molecule has 1 fully saturated rings. The molecule has 0 N–H and O–H groups in total. The topological polar surface area (TPSA) is 103 Å². The number of aromatic nitrogens is 4. The van der Waals surface area contributed by atoms with Crippen molar-refractivity contribution in [2.45, 2.75) is 18.9 Å². The number of nitrogens with zero attached hydrogens (tertiary/aromatic N) is 5. The Morgan fingerprint density at radius 2 is 2.14 bits per heavy atom. The first-order valence-corrected chi connectivity index (χ1v) is 8.92. The molecule has 3 aromatic heterocycles. The Bertz CT molecular complexity index is 946. The van der Waals surface area contributed by atoms with Gasteiger partial charge in [-0.3, -0.25) is 14.8 Å². The van der Waals surface area contributed by atoms with Gasteiger partial charge in [-0.25, -0.2) is 0 Å². The van der Waals surface area contributed by atoms with Gasteiger partial charge in [0.2, 0.25) is 11.8 Å². The van der Waals surface area contributed by atoms with Crippen LogP contribution in [0.5, 0.6) is 11.8 Å². The SMILES string of the molecule is COc1cncc(OC2CCCN(C(=O)c3cc(-c4cccnc4)on3)C2)n1. The van der Waals surface area contributed by atoms with Gasteiger partial charge in [0.05, 0.1) is 26.0 Å². The Kier molecular flexibility index (Phi) is 5.14. The molecule has 1 atom stereocenters. The summed E-state index contributed by atoms with van der Waals surface area (Å²) in [4.78, 5) is 26.8. The third-order valence-corrected chi connectivity index (χ3v) is 4.43. The maximum atomic E-state index is 12.8. The molecule has 0 bridgehead atoms. The predicted molar refractivity (Wildman–Crippen MR) is 97.9 cm³/mol. The number of piperidine rings is 1.